The van der Waals surface area contributed by atoms with E-state index in [0.717, 1.165) is 37.1 Å². The van der Waals surface area contributed by atoms with Gasteiger partial charge in [0.1, 0.15) is 11.4 Å². The Bertz CT molecular complexity index is 1640. The number of benzene rings is 2. The predicted molar refractivity (Wildman–Crippen MR) is 166 cm³/mol. The molecule has 1 N–H and O–H groups in total. The number of aryl methyl sites for hydroxylation is 1. The highest BCUT2D eigenvalue weighted by molar-refractivity contribution is 6.30. The highest BCUT2D eigenvalue weighted by Gasteiger charge is 2.44. The van der Waals surface area contributed by atoms with Gasteiger partial charge in [-0.1, -0.05) is 54.1 Å². The number of hydrogen-bond donors (Lipinski definition) is 1. The van der Waals surface area contributed by atoms with Crippen molar-refractivity contribution >= 4 is 28.5 Å². The summed E-state index contributed by atoms with van der Waals surface area (Å²) >= 11 is 6.09. The summed E-state index contributed by atoms with van der Waals surface area (Å²) in [6.45, 7) is 4.48. The first kappa shape index (κ1) is 27.4. The molecule has 42 heavy (non-hydrogen) atoms. The third kappa shape index (κ3) is 4.86. The van der Waals surface area contributed by atoms with E-state index in [1.807, 2.05) is 4.90 Å². The number of halogens is 1. The summed E-state index contributed by atoms with van der Waals surface area (Å²) in [4.78, 5) is 37.7. The normalized spacial score (nSPS) is 23.9. The van der Waals surface area contributed by atoms with Crippen molar-refractivity contribution in [1.82, 2.24) is 24.3 Å². The molecule has 2 aromatic heterocycles. The van der Waals surface area contributed by atoms with Crippen molar-refractivity contribution in [2.24, 2.45) is 0 Å². The van der Waals surface area contributed by atoms with Gasteiger partial charge in [-0.2, -0.15) is 0 Å². The number of aromatic amines is 1. The van der Waals surface area contributed by atoms with Crippen LogP contribution >= 0.6 is 11.6 Å². The average molecular weight is 584 g/mol. The number of fused-ring (bicyclic) bond motifs is 3. The Morgan fingerprint density at radius 3 is 2.43 bits per heavy atom. The largest absolute Gasteiger partial charge is 0.338 e. The average Bonchev–Trinajstić information content (AvgIpc) is 3.48. The summed E-state index contributed by atoms with van der Waals surface area (Å²) in [5, 5.41) is 0.364. The number of pyridine rings is 1. The molecule has 3 fully saturated rings. The molecule has 5 heterocycles. The number of para-hydroxylation sites is 2. The van der Waals surface area contributed by atoms with Crippen LogP contribution in [0.4, 0.5) is 0 Å². The number of piperidine rings is 2. The summed E-state index contributed by atoms with van der Waals surface area (Å²) in [6, 6.07) is 22.6. The van der Waals surface area contributed by atoms with Gasteiger partial charge < -0.3 is 14.5 Å². The van der Waals surface area contributed by atoms with Crippen LogP contribution in [0.5, 0.6) is 0 Å². The van der Waals surface area contributed by atoms with Crippen LogP contribution in [0, 0.1) is 6.92 Å². The third-order valence-corrected chi connectivity index (χ3v) is 10.6. The summed E-state index contributed by atoms with van der Waals surface area (Å²) < 4.78 is 2.50. The van der Waals surface area contributed by atoms with E-state index < -0.39 is 0 Å². The number of H-pyrrole nitrogens is 1. The van der Waals surface area contributed by atoms with Crippen LogP contribution in [0.25, 0.3) is 11.0 Å². The number of nitrogens with one attached hydrogen (secondary N) is 1. The number of rotatable bonds is 6. The molecule has 218 valence electrons. The number of amides is 1. The van der Waals surface area contributed by atoms with E-state index in [1.165, 1.54) is 49.0 Å². The van der Waals surface area contributed by atoms with Gasteiger partial charge in [0.25, 0.3) is 11.5 Å². The Morgan fingerprint density at radius 2 is 1.69 bits per heavy atom. The second kappa shape index (κ2) is 11.0. The third-order valence-electron chi connectivity index (χ3n) is 10.3. The van der Waals surface area contributed by atoms with Gasteiger partial charge in [0.05, 0.1) is 16.1 Å². The quantitative estimate of drug-likeness (QED) is 0.297. The lowest BCUT2D eigenvalue weighted by Gasteiger charge is -2.45. The molecule has 2 aromatic carbocycles. The van der Waals surface area contributed by atoms with Crippen LogP contribution < -0.4 is 5.56 Å². The minimum absolute atomic E-state index is 0.00617. The van der Waals surface area contributed by atoms with E-state index in [-0.39, 0.29) is 22.4 Å². The zero-order chi connectivity index (χ0) is 28.8. The van der Waals surface area contributed by atoms with E-state index in [4.69, 9.17) is 16.6 Å². The molecule has 3 aliphatic heterocycles. The summed E-state index contributed by atoms with van der Waals surface area (Å²) in [7, 11) is 0. The first-order valence-electron chi connectivity index (χ1n) is 15.3. The molecule has 2 bridgehead atoms. The molecule has 0 aliphatic carbocycles. The molecule has 3 aliphatic rings. The van der Waals surface area contributed by atoms with Gasteiger partial charge in [0, 0.05) is 37.4 Å². The van der Waals surface area contributed by atoms with Crippen molar-refractivity contribution in [3.63, 3.8) is 0 Å². The molecule has 4 aromatic rings. The van der Waals surface area contributed by atoms with E-state index in [0.29, 0.717) is 36.2 Å². The second-order valence-corrected chi connectivity index (χ2v) is 13.0. The fourth-order valence-corrected chi connectivity index (χ4v) is 8.35. The summed E-state index contributed by atoms with van der Waals surface area (Å²) in [5.41, 5.74) is 3.46. The topological polar surface area (TPSA) is 74.2 Å². The van der Waals surface area contributed by atoms with Gasteiger partial charge in [0.15, 0.2) is 0 Å². The lowest BCUT2D eigenvalue weighted by atomic mass is 9.70. The van der Waals surface area contributed by atoms with Crippen molar-refractivity contribution < 1.29 is 4.79 Å². The number of likely N-dealkylation sites (tertiary alicyclic amines) is 1. The fourth-order valence-electron chi connectivity index (χ4n) is 8.19. The van der Waals surface area contributed by atoms with Crippen molar-refractivity contribution in [2.45, 2.75) is 75.4 Å². The highest BCUT2D eigenvalue weighted by Crippen LogP contribution is 2.45. The number of imidazole rings is 1. The number of hydrogen-bond acceptors (Lipinski definition) is 4. The first-order valence-corrected chi connectivity index (χ1v) is 15.7. The molecule has 8 heteroatoms. The van der Waals surface area contributed by atoms with Gasteiger partial charge in [-0.3, -0.25) is 14.5 Å². The van der Waals surface area contributed by atoms with Crippen LogP contribution in [0.15, 0.2) is 71.7 Å². The molecule has 0 unspecified atom stereocenters. The number of aromatic nitrogens is 3. The predicted octanol–water partition coefficient (Wildman–Crippen LogP) is 6.12. The van der Waals surface area contributed by atoms with Crippen LogP contribution in [0.1, 0.15) is 72.7 Å². The lowest BCUT2D eigenvalue weighted by molar-refractivity contribution is 0.0605. The SMILES string of the molecule is Cc1nc2ccccc2n1[C@H]1C[C@H]2CC[C@@H](C1)N2CCC1(c2ccccc2)CCN(C(=O)c2cc(Cl)c[nH]c2=O)CC1. The second-order valence-electron chi connectivity index (χ2n) is 12.5. The molecular weight excluding hydrogens is 546 g/mol. The Morgan fingerprint density at radius 1 is 1.00 bits per heavy atom. The van der Waals surface area contributed by atoms with E-state index in [1.54, 1.807) is 0 Å². The molecular formula is C34H38ClN5O2. The molecule has 7 rings (SSSR count). The Hall–Kier alpha value is -3.42. The van der Waals surface area contributed by atoms with Gasteiger partial charge in [-0.15, -0.1) is 0 Å². The van der Waals surface area contributed by atoms with Crippen molar-refractivity contribution in [3.8, 4) is 0 Å². The maximum Gasteiger partial charge on any atom is 0.260 e. The smallest absolute Gasteiger partial charge is 0.260 e. The van der Waals surface area contributed by atoms with Crippen LogP contribution in [0.3, 0.4) is 0 Å². The van der Waals surface area contributed by atoms with Crippen LogP contribution in [0.2, 0.25) is 5.02 Å². The van der Waals surface area contributed by atoms with E-state index in [9.17, 15) is 9.59 Å². The van der Waals surface area contributed by atoms with Crippen LogP contribution in [-0.4, -0.2) is 62.0 Å². The molecule has 3 atom stereocenters. The van der Waals surface area contributed by atoms with Crippen molar-refractivity contribution in [2.75, 3.05) is 19.6 Å². The van der Waals surface area contributed by atoms with E-state index in [2.05, 4.69) is 76.0 Å². The fraction of sp³-hybridized carbons (Fsp3) is 0.441. The highest BCUT2D eigenvalue weighted by atomic mass is 35.5. The minimum atomic E-state index is -0.387. The van der Waals surface area contributed by atoms with Gasteiger partial charge in [-0.25, -0.2) is 4.98 Å². The van der Waals surface area contributed by atoms with Gasteiger partial charge in [-0.05, 0) is 87.6 Å². The standard InChI is InChI=1S/C34H38ClN5O2/c1-23-37-30-9-5-6-10-31(30)40(23)28-20-26-11-12-27(21-28)39(26)18-15-34(24-7-3-2-4-8-24)13-16-38(17-14-34)33(42)29-19-25(35)22-36-32(29)41/h2-10,19,22,26-28H,11-18,20-21H2,1H3,(H,36,41)/t26-,27+,28+. The number of nitrogens with zero attached hydrogens (tertiary/aromatic N) is 4. The number of carbonyl (C=O) groups is 1. The zero-order valence-corrected chi connectivity index (χ0v) is 24.9. The summed E-state index contributed by atoms with van der Waals surface area (Å²) in [5.74, 6) is 0.890. The molecule has 0 spiro atoms. The number of carbonyl (C=O) groups excluding carboxylic acids is 1. The molecule has 3 saturated heterocycles. The lowest BCUT2D eigenvalue weighted by Crippen LogP contribution is -2.49. The minimum Gasteiger partial charge on any atom is -0.338 e. The van der Waals surface area contributed by atoms with E-state index >= 15 is 0 Å². The monoisotopic (exact) mass is 583 g/mol. The first-order chi connectivity index (χ1) is 20.4. The Labute approximate surface area is 251 Å². The van der Waals surface area contributed by atoms with Crippen LogP contribution in [-0.2, 0) is 5.41 Å². The van der Waals surface area contributed by atoms with Gasteiger partial charge >= 0.3 is 0 Å². The molecule has 1 amide bonds. The van der Waals surface area contributed by atoms with Crippen molar-refractivity contribution in [3.05, 3.63) is 99.2 Å². The van der Waals surface area contributed by atoms with Crippen molar-refractivity contribution in [1.29, 1.82) is 0 Å². The Balaban J connectivity index is 1.07. The molecule has 0 saturated carbocycles. The maximum atomic E-state index is 13.3. The molecule has 0 radical (unpaired) electrons. The maximum absolute atomic E-state index is 13.3. The van der Waals surface area contributed by atoms with Gasteiger partial charge in [0.2, 0.25) is 0 Å². The zero-order valence-electron chi connectivity index (χ0n) is 24.1. The summed E-state index contributed by atoms with van der Waals surface area (Å²) in [6.07, 6.45) is 9.14. The molecule has 7 nitrogen and oxygen atoms in total. The Kier molecular flexibility index (Phi) is 7.19.